The van der Waals surface area contributed by atoms with Crippen molar-refractivity contribution < 1.29 is 0 Å². The number of tetrazole rings is 1. The average Bonchev–Trinajstić information content (AvgIpc) is 3.49. The maximum atomic E-state index is 4.90. The van der Waals surface area contributed by atoms with Gasteiger partial charge in [0.05, 0.1) is 0 Å². The Morgan fingerprint density at radius 1 is 1.03 bits per heavy atom. The van der Waals surface area contributed by atoms with E-state index in [1.54, 1.807) is 12.4 Å². The van der Waals surface area contributed by atoms with Crippen molar-refractivity contribution in [2.24, 2.45) is 5.92 Å². The van der Waals surface area contributed by atoms with E-state index in [0.717, 1.165) is 60.6 Å². The highest BCUT2D eigenvalue weighted by molar-refractivity contribution is 5.79. The molecule has 1 N–H and O–H groups in total. The van der Waals surface area contributed by atoms with Gasteiger partial charge in [-0.3, -0.25) is 4.98 Å². The molecule has 0 saturated heterocycles. The number of aromatic amines is 1. The van der Waals surface area contributed by atoms with Crippen molar-refractivity contribution in [1.82, 2.24) is 40.4 Å². The van der Waals surface area contributed by atoms with E-state index in [1.165, 1.54) is 18.4 Å². The lowest BCUT2D eigenvalue weighted by atomic mass is 9.99. The molecule has 3 aromatic heterocycles. The molecular formula is C25H32N8. The van der Waals surface area contributed by atoms with Gasteiger partial charge in [0.1, 0.15) is 5.82 Å². The van der Waals surface area contributed by atoms with E-state index < -0.39 is 0 Å². The van der Waals surface area contributed by atoms with Gasteiger partial charge in [0.15, 0.2) is 11.6 Å². The minimum Gasteiger partial charge on any atom is -0.264 e. The molecule has 172 valence electrons. The summed E-state index contributed by atoms with van der Waals surface area (Å²) in [7, 11) is 0. The Kier molecular flexibility index (Phi) is 7.55. The largest absolute Gasteiger partial charge is 0.264 e. The summed E-state index contributed by atoms with van der Waals surface area (Å²) < 4.78 is 2.12. The third kappa shape index (κ3) is 5.88. The van der Waals surface area contributed by atoms with E-state index in [1.807, 2.05) is 6.07 Å². The average molecular weight is 445 g/mol. The van der Waals surface area contributed by atoms with Crippen LogP contribution in [0.25, 0.3) is 22.5 Å². The number of rotatable bonds is 11. The summed E-state index contributed by atoms with van der Waals surface area (Å²) in [5.74, 6) is 3.28. The molecule has 0 aliphatic rings. The molecule has 0 spiro atoms. The van der Waals surface area contributed by atoms with Gasteiger partial charge in [-0.05, 0) is 51.9 Å². The van der Waals surface area contributed by atoms with Crippen molar-refractivity contribution in [2.75, 3.05) is 0 Å². The fourth-order valence-corrected chi connectivity index (χ4v) is 3.86. The first-order valence-corrected chi connectivity index (χ1v) is 11.8. The summed E-state index contributed by atoms with van der Waals surface area (Å²) in [6.07, 6.45) is 9.94. The second-order valence-corrected chi connectivity index (χ2v) is 8.85. The number of hydrogen-bond acceptors (Lipinski definition) is 6. The van der Waals surface area contributed by atoms with Crippen LogP contribution in [0.1, 0.15) is 63.7 Å². The fourth-order valence-electron chi connectivity index (χ4n) is 3.86. The zero-order chi connectivity index (χ0) is 23.0. The van der Waals surface area contributed by atoms with Crippen LogP contribution in [0.5, 0.6) is 0 Å². The molecule has 0 aliphatic carbocycles. The highest BCUT2D eigenvalue weighted by Crippen LogP contribution is 2.29. The normalized spacial score (nSPS) is 11.4. The molecule has 0 amide bonds. The molecule has 4 aromatic rings. The summed E-state index contributed by atoms with van der Waals surface area (Å²) >= 11 is 0. The molecule has 0 fully saturated rings. The van der Waals surface area contributed by atoms with Gasteiger partial charge in [0.25, 0.3) is 0 Å². The van der Waals surface area contributed by atoms with Crippen molar-refractivity contribution in [3.05, 3.63) is 59.9 Å². The van der Waals surface area contributed by atoms with Crippen molar-refractivity contribution in [3.63, 3.8) is 0 Å². The van der Waals surface area contributed by atoms with Crippen molar-refractivity contribution in [1.29, 1.82) is 0 Å². The predicted molar refractivity (Wildman–Crippen MR) is 128 cm³/mol. The second kappa shape index (κ2) is 10.9. The molecule has 1 aromatic carbocycles. The predicted octanol–water partition coefficient (Wildman–Crippen LogP) is 4.89. The van der Waals surface area contributed by atoms with Crippen LogP contribution in [-0.4, -0.2) is 40.4 Å². The Morgan fingerprint density at radius 2 is 1.88 bits per heavy atom. The monoisotopic (exact) mass is 444 g/mol. The number of benzene rings is 1. The number of hydrogen-bond donors (Lipinski definition) is 1. The van der Waals surface area contributed by atoms with Gasteiger partial charge in [-0.25, -0.2) is 14.8 Å². The second-order valence-electron chi connectivity index (χ2n) is 8.85. The maximum Gasteiger partial charge on any atom is 0.181 e. The van der Waals surface area contributed by atoms with Gasteiger partial charge in [-0.15, -0.1) is 5.10 Å². The highest BCUT2D eigenvalue weighted by atomic mass is 15.5. The molecule has 0 saturated carbocycles. The Balaban J connectivity index is 1.53. The smallest absolute Gasteiger partial charge is 0.181 e. The van der Waals surface area contributed by atoms with Gasteiger partial charge in [0.2, 0.25) is 0 Å². The Bertz CT molecular complexity index is 1130. The summed E-state index contributed by atoms with van der Waals surface area (Å²) in [4.78, 5) is 9.14. The van der Waals surface area contributed by atoms with E-state index in [4.69, 9.17) is 10.1 Å². The van der Waals surface area contributed by atoms with Gasteiger partial charge >= 0.3 is 0 Å². The van der Waals surface area contributed by atoms with E-state index in [-0.39, 0.29) is 0 Å². The third-order valence-electron chi connectivity index (χ3n) is 5.76. The van der Waals surface area contributed by atoms with Crippen LogP contribution in [0, 0.1) is 5.92 Å². The molecular weight excluding hydrogens is 412 g/mol. The van der Waals surface area contributed by atoms with Crippen LogP contribution in [-0.2, 0) is 19.4 Å². The molecule has 33 heavy (non-hydrogen) atoms. The molecule has 8 heteroatoms. The summed E-state index contributed by atoms with van der Waals surface area (Å²) in [6, 6.07) is 10.6. The molecule has 4 rings (SSSR count). The summed E-state index contributed by atoms with van der Waals surface area (Å²) in [6.45, 7) is 7.65. The molecule has 0 atom stereocenters. The van der Waals surface area contributed by atoms with Gasteiger partial charge in [-0.1, -0.05) is 57.9 Å². The van der Waals surface area contributed by atoms with Crippen molar-refractivity contribution in [3.8, 4) is 22.5 Å². The topological polar surface area (TPSA) is 98.1 Å². The van der Waals surface area contributed by atoms with Gasteiger partial charge in [-0.2, -0.15) is 5.10 Å². The van der Waals surface area contributed by atoms with Gasteiger partial charge in [0, 0.05) is 37.3 Å². The SMILES string of the molecule is CCCCCn1nc(CCC(C)C)nc1Cc1ccc(-c2ccncc2-c2nnn[nH]2)cc1. The molecule has 0 unspecified atom stereocenters. The van der Waals surface area contributed by atoms with Gasteiger partial charge < -0.3 is 0 Å². The number of unbranched alkanes of at least 4 members (excludes halogenated alkanes) is 2. The standard InChI is InChI=1S/C25H32N8/c1-4-5-6-15-33-24(27-23(30-33)12-7-18(2)3)16-19-8-10-20(11-9-19)21-13-14-26-17-22(21)25-28-31-32-29-25/h8-11,13-14,17-18H,4-7,12,15-16H2,1-3H3,(H,28,29,31,32). The lowest BCUT2D eigenvalue weighted by Crippen LogP contribution is -2.07. The maximum absolute atomic E-state index is 4.90. The van der Waals surface area contributed by atoms with Crippen LogP contribution in [0.15, 0.2) is 42.7 Å². The summed E-state index contributed by atoms with van der Waals surface area (Å²) in [5, 5.41) is 19.1. The Morgan fingerprint density at radius 3 is 2.61 bits per heavy atom. The van der Waals surface area contributed by atoms with Crippen molar-refractivity contribution >= 4 is 0 Å². The van der Waals surface area contributed by atoms with Crippen molar-refractivity contribution in [2.45, 2.75) is 65.8 Å². The van der Waals surface area contributed by atoms with E-state index in [2.05, 4.69) is 75.3 Å². The lowest BCUT2D eigenvalue weighted by Gasteiger charge is -2.09. The van der Waals surface area contributed by atoms with Crippen LogP contribution in [0.4, 0.5) is 0 Å². The highest BCUT2D eigenvalue weighted by Gasteiger charge is 2.13. The minimum absolute atomic E-state index is 0.608. The number of aromatic nitrogens is 8. The summed E-state index contributed by atoms with van der Waals surface area (Å²) in [5.41, 5.74) is 4.22. The zero-order valence-corrected chi connectivity index (χ0v) is 19.7. The van der Waals surface area contributed by atoms with Crippen LogP contribution in [0.2, 0.25) is 0 Å². The van der Waals surface area contributed by atoms with Crippen LogP contribution >= 0.6 is 0 Å². The number of aryl methyl sites for hydroxylation is 2. The molecule has 0 bridgehead atoms. The molecule has 8 nitrogen and oxygen atoms in total. The minimum atomic E-state index is 0.608. The first kappa shape index (κ1) is 22.8. The Labute approximate surface area is 194 Å². The quantitative estimate of drug-likeness (QED) is 0.331. The lowest BCUT2D eigenvalue weighted by molar-refractivity contribution is 0.525. The number of nitrogens with zero attached hydrogens (tertiary/aromatic N) is 7. The first-order valence-electron chi connectivity index (χ1n) is 11.8. The Hall–Kier alpha value is -3.42. The third-order valence-corrected chi connectivity index (χ3v) is 5.76. The number of pyridine rings is 1. The molecule has 0 aliphatic heterocycles. The van der Waals surface area contributed by atoms with Crippen LogP contribution in [0.3, 0.4) is 0 Å². The molecule has 3 heterocycles. The zero-order valence-electron chi connectivity index (χ0n) is 19.7. The van der Waals surface area contributed by atoms with Crippen LogP contribution < -0.4 is 0 Å². The van der Waals surface area contributed by atoms with E-state index in [9.17, 15) is 0 Å². The first-order chi connectivity index (χ1) is 16.1. The van der Waals surface area contributed by atoms with E-state index >= 15 is 0 Å². The number of H-pyrrole nitrogens is 1. The van der Waals surface area contributed by atoms with E-state index in [0.29, 0.717) is 11.7 Å². The number of nitrogens with one attached hydrogen (secondary N) is 1. The molecule has 0 radical (unpaired) electrons. The fraction of sp³-hybridized carbons (Fsp3) is 0.440.